The maximum atomic E-state index is 8.84. The summed E-state index contributed by atoms with van der Waals surface area (Å²) in [4.78, 5) is 0. The zero-order chi connectivity index (χ0) is 15.2. The fourth-order valence-electron chi connectivity index (χ4n) is 2.06. The lowest BCUT2D eigenvalue weighted by Crippen LogP contribution is -1.98. The molecule has 0 atom stereocenters. The van der Waals surface area contributed by atoms with E-state index in [0.717, 1.165) is 22.4 Å². The molecule has 0 heterocycles. The van der Waals surface area contributed by atoms with Crippen molar-refractivity contribution in [3.05, 3.63) is 64.2 Å². The number of rotatable bonds is 3. The minimum absolute atomic E-state index is 0.148. The van der Waals surface area contributed by atoms with E-state index in [-0.39, 0.29) is 6.61 Å². The minimum Gasteiger partial charge on any atom is -0.488 e. The van der Waals surface area contributed by atoms with Crippen molar-refractivity contribution in [2.45, 2.75) is 27.4 Å². The van der Waals surface area contributed by atoms with Crippen molar-refractivity contribution in [1.29, 1.82) is 0 Å². The summed E-state index contributed by atoms with van der Waals surface area (Å²) in [7, 11) is 0. The van der Waals surface area contributed by atoms with Crippen LogP contribution in [0, 0.1) is 32.6 Å². The van der Waals surface area contributed by atoms with Gasteiger partial charge in [-0.2, -0.15) is 0 Å². The molecule has 0 unspecified atom stereocenters. The molecular formula is C19H20O2. The fraction of sp³-hybridized carbons (Fsp3) is 0.263. The van der Waals surface area contributed by atoms with Crippen LogP contribution in [0.15, 0.2) is 36.4 Å². The lowest BCUT2D eigenvalue weighted by Gasteiger charge is -2.10. The average Bonchev–Trinajstić information content (AvgIpc) is 2.47. The van der Waals surface area contributed by atoms with Gasteiger partial charge in [0.15, 0.2) is 0 Å². The van der Waals surface area contributed by atoms with Crippen LogP contribution in [0.5, 0.6) is 5.75 Å². The summed E-state index contributed by atoms with van der Waals surface area (Å²) in [5, 5.41) is 8.84. The third kappa shape index (κ3) is 4.11. The Morgan fingerprint density at radius 2 is 1.81 bits per heavy atom. The van der Waals surface area contributed by atoms with E-state index in [9.17, 15) is 0 Å². The second-order valence-electron chi connectivity index (χ2n) is 5.17. The lowest BCUT2D eigenvalue weighted by molar-refractivity contribution is 0.305. The molecule has 0 aliphatic heterocycles. The lowest BCUT2D eigenvalue weighted by atomic mass is 10.1. The van der Waals surface area contributed by atoms with Crippen LogP contribution in [0.25, 0.3) is 0 Å². The number of ether oxygens (including phenoxy) is 1. The van der Waals surface area contributed by atoms with Gasteiger partial charge in [-0.25, -0.2) is 0 Å². The van der Waals surface area contributed by atoms with Crippen LogP contribution >= 0.6 is 0 Å². The van der Waals surface area contributed by atoms with Gasteiger partial charge in [-0.15, -0.1) is 0 Å². The van der Waals surface area contributed by atoms with Crippen molar-refractivity contribution in [3.8, 4) is 17.6 Å². The normalized spacial score (nSPS) is 9.90. The number of benzene rings is 2. The SMILES string of the molecule is Cc1ccc(OCc2ccc(C)c(C)c2)c(C#CCO)c1. The molecule has 2 rings (SSSR count). The zero-order valence-corrected chi connectivity index (χ0v) is 12.7. The maximum absolute atomic E-state index is 8.84. The Labute approximate surface area is 126 Å². The van der Waals surface area contributed by atoms with Gasteiger partial charge < -0.3 is 9.84 Å². The van der Waals surface area contributed by atoms with Crippen LogP contribution in [0.2, 0.25) is 0 Å². The van der Waals surface area contributed by atoms with Crippen molar-refractivity contribution in [1.82, 2.24) is 0 Å². The van der Waals surface area contributed by atoms with Gasteiger partial charge in [-0.1, -0.05) is 36.1 Å². The van der Waals surface area contributed by atoms with Gasteiger partial charge in [0.2, 0.25) is 0 Å². The van der Waals surface area contributed by atoms with E-state index in [1.165, 1.54) is 11.1 Å². The highest BCUT2D eigenvalue weighted by molar-refractivity contribution is 5.48. The molecule has 2 aromatic rings. The highest BCUT2D eigenvalue weighted by Crippen LogP contribution is 2.21. The summed E-state index contributed by atoms with van der Waals surface area (Å²) >= 11 is 0. The third-order valence-corrected chi connectivity index (χ3v) is 3.40. The van der Waals surface area contributed by atoms with Crippen LogP contribution in [-0.4, -0.2) is 11.7 Å². The second kappa shape index (κ2) is 6.97. The van der Waals surface area contributed by atoms with E-state index >= 15 is 0 Å². The standard InChI is InChI=1S/C19H20O2/c1-14-6-9-19(18(11-14)5-4-10-20)21-13-17-8-7-15(2)16(3)12-17/h6-9,11-12,20H,10,13H2,1-3H3. The largest absolute Gasteiger partial charge is 0.488 e. The van der Waals surface area contributed by atoms with Crippen LogP contribution < -0.4 is 4.74 Å². The van der Waals surface area contributed by atoms with Crippen LogP contribution in [-0.2, 0) is 6.61 Å². The second-order valence-corrected chi connectivity index (χ2v) is 5.17. The summed E-state index contributed by atoms with van der Waals surface area (Å²) in [6.45, 7) is 6.57. The van der Waals surface area contributed by atoms with E-state index in [0.29, 0.717) is 6.61 Å². The molecule has 0 amide bonds. The molecule has 0 aliphatic rings. The first-order valence-electron chi connectivity index (χ1n) is 6.99. The summed E-state index contributed by atoms with van der Waals surface area (Å²) < 4.78 is 5.89. The Hall–Kier alpha value is -2.24. The van der Waals surface area contributed by atoms with Crippen molar-refractivity contribution >= 4 is 0 Å². The molecule has 0 bridgehead atoms. The smallest absolute Gasteiger partial charge is 0.135 e. The molecule has 0 aromatic heterocycles. The molecule has 0 aliphatic carbocycles. The molecule has 0 saturated heterocycles. The molecular weight excluding hydrogens is 260 g/mol. The van der Waals surface area contributed by atoms with E-state index in [2.05, 4.69) is 43.9 Å². The number of aryl methyl sites for hydroxylation is 3. The van der Waals surface area contributed by atoms with Gasteiger partial charge in [-0.3, -0.25) is 0 Å². The number of hydrogen-bond donors (Lipinski definition) is 1. The van der Waals surface area contributed by atoms with Gasteiger partial charge in [0.25, 0.3) is 0 Å². The molecule has 0 radical (unpaired) electrons. The van der Waals surface area contributed by atoms with Crippen molar-refractivity contribution in [2.24, 2.45) is 0 Å². The zero-order valence-electron chi connectivity index (χ0n) is 12.7. The average molecular weight is 280 g/mol. The van der Waals surface area contributed by atoms with Gasteiger partial charge >= 0.3 is 0 Å². The number of aliphatic hydroxyl groups is 1. The Bertz CT molecular complexity index is 690. The fourth-order valence-corrected chi connectivity index (χ4v) is 2.06. The van der Waals surface area contributed by atoms with Crippen molar-refractivity contribution < 1.29 is 9.84 Å². The van der Waals surface area contributed by atoms with E-state index < -0.39 is 0 Å². The summed E-state index contributed by atoms with van der Waals surface area (Å²) in [5.41, 5.74) is 5.62. The molecule has 21 heavy (non-hydrogen) atoms. The predicted octanol–water partition coefficient (Wildman–Crippen LogP) is 3.53. The molecule has 2 aromatic carbocycles. The Morgan fingerprint density at radius 3 is 2.52 bits per heavy atom. The van der Waals surface area contributed by atoms with Gasteiger partial charge in [-0.05, 0) is 55.2 Å². The van der Waals surface area contributed by atoms with Crippen molar-refractivity contribution in [2.75, 3.05) is 6.61 Å². The molecule has 0 saturated carbocycles. The van der Waals surface area contributed by atoms with E-state index in [1.54, 1.807) is 0 Å². The van der Waals surface area contributed by atoms with Gasteiger partial charge in [0.05, 0.1) is 5.56 Å². The number of aliphatic hydroxyl groups excluding tert-OH is 1. The van der Waals surface area contributed by atoms with E-state index in [1.807, 2.05) is 25.1 Å². The summed E-state index contributed by atoms with van der Waals surface area (Å²) in [5.74, 6) is 6.36. The quantitative estimate of drug-likeness (QED) is 0.871. The molecule has 108 valence electrons. The summed E-state index contributed by atoms with van der Waals surface area (Å²) in [6.07, 6.45) is 0. The first-order valence-corrected chi connectivity index (χ1v) is 6.99. The van der Waals surface area contributed by atoms with E-state index in [4.69, 9.17) is 9.84 Å². The summed E-state index contributed by atoms with van der Waals surface area (Å²) in [6, 6.07) is 12.2. The van der Waals surface area contributed by atoms with Gasteiger partial charge in [0, 0.05) is 0 Å². The highest BCUT2D eigenvalue weighted by Gasteiger charge is 2.03. The molecule has 1 N–H and O–H groups in total. The Kier molecular flexibility index (Phi) is 5.03. The monoisotopic (exact) mass is 280 g/mol. The van der Waals surface area contributed by atoms with Crippen LogP contribution in [0.3, 0.4) is 0 Å². The first kappa shape index (κ1) is 15.2. The maximum Gasteiger partial charge on any atom is 0.135 e. The topological polar surface area (TPSA) is 29.5 Å². The van der Waals surface area contributed by atoms with Gasteiger partial charge in [0.1, 0.15) is 19.0 Å². The number of hydrogen-bond acceptors (Lipinski definition) is 2. The molecule has 0 spiro atoms. The first-order chi connectivity index (χ1) is 10.1. The predicted molar refractivity (Wildman–Crippen MR) is 85.4 cm³/mol. The molecule has 2 heteroatoms. The third-order valence-electron chi connectivity index (χ3n) is 3.40. The minimum atomic E-state index is -0.148. The highest BCUT2D eigenvalue weighted by atomic mass is 16.5. The van der Waals surface area contributed by atoms with Crippen LogP contribution in [0.4, 0.5) is 0 Å². The molecule has 2 nitrogen and oxygen atoms in total. The Morgan fingerprint density at radius 1 is 1.00 bits per heavy atom. The Balaban J connectivity index is 2.17. The van der Waals surface area contributed by atoms with Crippen LogP contribution in [0.1, 0.15) is 27.8 Å². The molecule has 0 fully saturated rings. The van der Waals surface area contributed by atoms with Crippen molar-refractivity contribution in [3.63, 3.8) is 0 Å².